The van der Waals surface area contributed by atoms with Gasteiger partial charge in [0.25, 0.3) is 10.0 Å². The zero-order chi connectivity index (χ0) is 17.7. The topological polar surface area (TPSA) is 84.4 Å². The second kappa shape index (κ2) is 7.48. The maximum absolute atomic E-state index is 12.5. The molecule has 1 heterocycles. The van der Waals surface area contributed by atoms with E-state index in [2.05, 4.69) is 14.9 Å². The van der Waals surface area contributed by atoms with Crippen LogP contribution in [-0.4, -0.2) is 38.8 Å². The van der Waals surface area contributed by atoms with Gasteiger partial charge in [-0.1, -0.05) is 0 Å². The van der Waals surface area contributed by atoms with E-state index in [0.717, 1.165) is 13.1 Å². The third-order valence-corrected chi connectivity index (χ3v) is 5.16. The quantitative estimate of drug-likeness (QED) is 0.826. The lowest BCUT2D eigenvalue weighted by Gasteiger charge is -2.19. The number of nitrogens with zero attached hydrogens (tertiary/aromatic N) is 3. The summed E-state index contributed by atoms with van der Waals surface area (Å²) in [6.07, 6.45) is 0. The highest BCUT2D eigenvalue weighted by molar-refractivity contribution is 7.92. The van der Waals surface area contributed by atoms with E-state index in [1.807, 2.05) is 18.7 Å². The molecule has 2 rings (SSSR count). The summed E-state index contributed by atoms with van der Waals surface area (Å²) in [5.74, 6) is 1.50. The van der Waals surface area contributed by atoms with Gasteiger partial charge in [0, 0.05) is 13.1 Å². The van der Waals surface area contributed by atoms with E-state index in [1.165, 1.54) is 13.2 Å². The summed E-state index contributed by atoms with van der Waals surface area (Å²) in [5, 5.41) is 8.04. The van der Waals surface area contributed by atoms with Crippen molar-refractivity contribution in [3.63, 3.8) is 0 Å². The summed E-state index contributed by atoms with van der Waals surface area (Å²) >= 11 is 0. The fraction of sp³-hybridized carbons (Fsp3) is 0.375. The Morgan fingerprint density at radius 1 is 1.12 bits per heavy atom. The highest BCUT2D eigenvalue weighted by Gasteiger charge is 2.18. The standard InChI is InChI=1S/C16H22N4O3S/c1-5-20(6-2)16-10-9-15(17-18-16)19-24(21,22)14-8-7-13(23-4)11-12(14)3/h7-11H,5-6H2,1-4H3,(H,17,19). The number of sulfonamides is 1. The summed E-state index contributed by atoms with van der Waals surface area (Å²) in [4.78, 5) is 2.21. The average Bonchev–Trinajstić information content (AvgIpc) is 2.56. The Morgan fingerprint density at radius 2 is 1.83 bits per heavy atom. The molecule has 0 aliphatic rings. The van der Waals surface area contributed by atoms with Crippen molar-refractivity contribution < 1.29 is 13.2 Å². The Hall–Kier alpha value is -2.35. The lowest BCUT2D eigenvalue weighted by Crippen LogP contribution is -2.23. The van der Waals surface area contributed by atoms with Crippen LogP contribution in [0.1, 0.15) is 19.4 Å². The Labute approximate surface area is 142 Å². The first-order valence-corrected chi connectivity index (χ1v) is 9.15. The molecule has 0 amide bonds. The van der Waals surface area contributed by atoms with E-state index in [9.17, 15) is 8.42 Å². The maximum atomic E-state index is 12.5. The molecule has 1 N–H and O–H groups in total. The van der Waals surface area contributed by atoms with Gasteiger partial charge in [0.1, 0.15) is 5.75 Å². The monoisotopic (exact) mass is 350 g/mol. The maximum Gasteiger partial charge on any atom is 0.263 e. The lowest BCUT2D eigenvalue weighted by molar-refractivity contribution is 0.414. The minimum absolute atomic E-state index is 0.179. The molecule has 130 valence electrons. The molecule has 0 fully saturated rings. The molecule has 0 spiro atoms. The van der Waals surface area contributed by atoms with Gasteiger partial charge in [-0.3, -0.25) is 4.72 Å². The van der Waals surface area contributed by atoms with Gasteiger partial charge in [-0.25, -0.2) is 8.42 Å². The molecule has 0 radical (unpaired) electrons. The van der Waals surface area contributed by atoms with Crippen molar-refractivity contribution in [3.8, 4) is 5.75 Å². The molecule has 0 saturated heterocycles. The summed E-state index contributed by atoms with van der Waals surface area (Å²) in [6.45, 7) is 7.37. The largest absolute Gasteiger partial charge is 0.497 e. The van der Waals surface area contributed by atoms with Crippen LogP contribution in [0.5, 0.6) is 5.75 Å². The third kappa shape index (κ3) is 3.94. The molecule has 1 aromatic heterocycles. The Balaban J connectivity index is 2.23. The minimum Gasteiger partial charge on any atom is -0.497 e. The second-order valence-corrected chi connectivity index (χ2v) is 6.84. The lowest BCUT2D eigenvalue weighted by atomic mass is 10.2. The van der Waals surface area contributed by atoms with Crippen LogP contribution in [0.2, 0.25) is 0 Å². The van der Waals surface area contributed by atoms with Crippen LogP contribution in [0.4, 0.5) is 11.6 Å². The molecule has 24 heavy (non-hydrogen) atoms. The predicted octanol–water partition coefficient (Wildman–Crippen LogP) is 2.44. The molecule has 0 aliphatic carbocycles. The highest BCUT2D eigenvalue weighted by atomic mass is 32.2. The first kappa shape index (κ1) is 18.0. The van der Waals surface area contributed by atoms with Crippen LogP contribution < -0.4 is 14.4 Å². The number of aromatic nitrogens is 2. The van der Waals surface area contributed by atoms with Crippen LogP contribution in [0.3, 0.4) is 0 Å². The number of methoxy groups -OCH3 is 1. The first-order valence-electron chi connectivity index (χ1n) is 7.67. The van der Waals surface area contributed by atoms with E-state index in [0.29, 0.717) is 17.1 Å². The molecule has 0 unspecified atom stereocenters. The summed E-state index contributed by atoms with van der Waals surface area (Å²) in [6, 6.07) is 8.14. The van der Waals surface area contributed by atoms with Gasteiger partial charge in [0.2, 0.25) is 0 Å². The summed E-state index contributed by atoms with van der Waals surface area (Å²) in [7, 11) is -2.20. The zero-order valence-corrected chi connectivity index (χ0v) is 15.1. The third-order valence-electron chi connectivity index (χ3n) is 3.65. The van der Waals surface area contributed by atoms with Crippen LogP contribution >= 0.6 is 0 Å². The molecular formula is C16H22N4O3S. The number of hydrogen-bond donors (Lipinski definition) is 1. The van der Waals surface area contributed by atoms with Gasteiger partial charge >= 0.3 is 0 Å². The minimum atomic E-state index is -3.73. The van der Waals surface area contributed by atoms with Crippen LogP contribution in [-0.2, 0) is 10.0 Å². The Bertz CT molecular complexity index is 787. The van der Waals surface area contributed by atoms with Gasteiger partial charge in [-0.05, 0) is 56.7 Å². The van der Waals surface area contributed by atoms with Crippen LogP contribution in [0.15, 0.2) is 35.2 Å². The molecule has 1 aromatic carbocycles. The molecule has 0 aliphatic heterocycles. The van der Waals surface area contributed by atoms with Crippen molar-refractivity contribution in [1.29, 1.82) is 0 Å². The van der Waals surface area contributed by atoms with E-state index >= 15 is 0 Å². The molecule has 0 bridgehead atoms. The van der Waals surface area contributed by atoms with Crippen molar-refractivity contribution in [2.45, 2.75) is 25.7 Å². The fourth-order valence-electron chi connectivity index (χ4n) is 2.34. The van der Waals surface area contributed by atoms with Gasteiger partial charge < -0.3 is 9.64 Å². The number of benzene rings is 1. The second-order valence-electron chi connectivity index (χ2n) is 5.19. The van der Waals surface area contributed by atoms with Gasteiger partial charge in [0.15, 0.2) is 11.6 Å². The van der Waals surface area contributed by atoms with Gasteiger partial charge in [0.05, 0.1) is 12.0 Å². The molecule has 2 aromatic rings. The number of aryl methyl sites for hydroxylation is 1. The number of hydrogen-bond acceptors (Lipinski definition) is 6. The molecule has 8 heteroatoms. The van der Waals surface area contributed by atoms with E-state index in [-0.39, 0.29) is 10.7 Å². The zero-order valence-electron chi connectivity index (χ0n) is 14.3. The van der Waals surface area contributed by atoms with Crippen LogP contribution in [0, 0.1) is 6.92 Å². The molecule has 0 saturated carbocycles. The van der Waals surface area contributed by atoms with Crippen molar-refractivity contribution in [2.75, 3.05) is 29.8 Å². The molecule has 7 nitrogen and oxygen atoms in total. The Kier molecular flexibility index (Phi) is 5.61. The SMILES string of the molecule is CCN(CC)c1ccc(NS(=O)(=O)c2ccc(OC)cc2C)nn1. The van der Waals surface area contributed by atoms with E-state index < -0.39 is 10.0 Å². The fourth-order valence-corrected chi connectivity index (χ4v) is 3.56. The number of anilines is 2. The number of ether oxygens (including phenoxy) is 1. The van der Waals surface area contributed by atoms with Gasteiger partial charge in [-0.15, -0.1) is 10.2 Å². The van der Waals surface area contributed by atoms with Crippen molar-refractivity contribution in [1.82, 2.24) is 10.2 Å². The van der Waals surface area contributed by atoms with Crippen molar-refractivity contribution in [2.24, 2.45) is 0 Å². The normalized spacial score (nSPS) is 11.2. The smallest absolute Gasteiger partial charge is 0.263 e. The molecule has 0 atom stereocenters. The molecular weight excluding hydrogens is 328 g/mol. The number of rotatable bonds is 7. The van der Waals surface area contributed by atoms with E-state index in [4.69, 9.17) is 4.74 Å². The first-order chi connectivity index (χ1) is 11.4. The summed E-state index contributed by atoms with van der Waals surface area (Å²) in [5.41, 5.74) is 0.592. The Morgan fingerprint density at radius 3 is 2.33 bits per heavy atom. The van der Waals surface area contributed by atoms with Crippen LogP contribution in [0.25, 0.3) is 0 Å². The van der Waals surface area contributed by atoms with Crippen molar-refractivity contribution >= 4 is 21.7 Å². The van der Waals surface area contributed by atoms with Crippen molar-refractivity contribution in [3.05, 3.63) is 35.9 Å². The highest BCUT2D eigenvalue weighted by Crippen LogP contribution is 2.23. The van der Waals surface area contributed by atoms with E-state index in [1.54, 1.807) is 31.2 Å². The van der Waals surface area contributed by atoms with Gasteiger partial charge in [-0.2, -0.15) is 0 Å². The summed E-state index contributed by atoms with van der Waals surface area (Å²) < 4.78 is 32.6. The average molecular weight is 350 g/mol. The number of nitrogens with one attached hydrogen (secondary N) is 1. The predicted molar refractivity (Wildman–Crippen MR) is 94.1 cm³/mol.